The number of amides is 1. The molecule has 3 nitrogen and oxygen atoms in total. The fourth-order valence-electron chi connectivity index (χ4n) is 2.76. The molecule has 0 aromatic heterocycles. The van der Waals surface area contributed by atoms with E-state index in [-0.39, 0.29) is 23.6 Å². The summed E-state index contributed by atoms with van der Waals surface area (Å²) in [6.07, 6.45) is 2.72. The average Bonchev–Trinajstić information content (AvgIpc) is 2.73. The van der Waals surface area contributed by atoms with Gasteiger partial charge in [0.15, 0.2) is 0 Å². The monoisotopic (exact) mass is 253 g/mol. The number of hydrogen-bond acceptors (Lipinski definition) is 2. The topological polar surface area (TPSA) is 40.5 Å². The van der Waals surface area contributed by atoms with Gasteiger partial charge in [-0.25, -0.2) is 0 Å². The lowest BCUT2D eigenvalue weighted by Crippen LogP contribution is -2.42. The second-order valence-electron chi connectivity index (χ2n) is 6.16. The molecule has 1 amide bonds. The molecule has 1 heterocycles. The van der Waals surface area contributed by atoms with Gasteiger partial charge in [-0.3, -0.25) is 4.79 Å². The van der Waals surface area contributed by atoms with Crippen LogP contribution in [-0.2, 0) is 4.79 Å². The van der Waals surface area contributed by atoms with Crippen molar-refractivity contribution in [2.75, 3.05) is 6.54 Å². The molecule has 1 rings (SSSR count). The van der Waals surface area contributed by atoms with Gasteiger partial charge in [0.2, 0.25) is 5.91 Å². The number of likely N-dealkylation sites (tertiary alicyclic amines) is 1. The van der Waals surface area contributed by atoms with Gasteiger partial charge in [-0.05, 0) is 31.1 Å². The number of aliphatic hydroxyl groups is 1. The highest BCUT2D eigenvalue weighted by atomic mass is 16.3. The minimum Gasteiger partial charge on any atom is -0.511 e. The van der Waals surface area contributed by atoms with E-state index in [2.05, 4.69) is 34.3 Å². The molecule has 0 radical (unpaired) electrons. The van der Waals surface area contributed by atoms with Gasteiger partial charge in [0.1, 0.15) is 5.76 Å². The summed E-state index contributed by atoms with van der Waals surface area (Å²) in [6, 6.07) is -0.161. The van der Waals surface area contributed by atoms with Crippen molar-refractivity contribution in [1.29, 1.82) is 0 Å². The minimum atomic E-state index is -0.161. The first-order valence-electron chi connectivity index (χ1n) is 7.02. The van der Waals surface area contributed by atoms with Crippen LogP contribution in [-0.4, -0.2) is 28.5 Å². The zero-order valence-electron chi connectivity index (χ0n) is 12.1. The molecule has 0 saturated carbocycles. The van der Waals surface area contributed by atoms with Crippen LogP contribution in [0.1, 0.15) is 47.0 Å². The van der Waals surface area contributed by atoms with Crippen molar-refractivity contribution in [1.82, 2.24) is 4.90 Å². The molecule has 1 fully saturated rings. The molecule has 0 aromatic carbocycles. The third-order valence-corrected chi connectivity index (χ3v) is 3.77. The summed E-state index contributed by atoms with van der Waals surface area (Å²) in [5, 5.41) is 9.59. The lowest BCUT2D eigenvalue weighted by Gasteiger charge is -2.31. The van der Waals surface area contributed by atoms with Gasteiger partial charge in [0.05, 0.1) is 6.04 Å². The molecule has 1 aliphatic heterocycles. The summed E-state index contributed by atoms with van der Waals surface area (Å²) in [6.45, 7) is 12.8. The Kier molecular flexibility index (Phi) is 5.24. The van der Waals surface area contributed by atoms with E-state index in [1.807, 2.05) is 4.90 Å². The quantitative estimate of drug-likeness (QED) is 0.763. The van der Waals surface area contributed by atoms with Gasteiger partial charge in [0.25, 0.3) is 0 Å². The van der Waals surface area contributed by atoms with Crippen molar-refractivity contribution in [3.63, 3.8) is 0 Å². The normalized spacial score (nSPS) is 21.7. The molecule has 2 atom stereocenters. The van der Waals surface area contributed by atoms with Crippen LogP contribution in [0.25, 0.3) is 0 Å². The summed E-state index contributed by atoms with van der Waals surface area (Å²) in [5.41, 5.74) is 0. The first-order chi connectivity index (χ1) is 8.34. The molecule has 0 bridgehead atoms. The van der Waals surface area contributed by atoms with E-state index in [9.17, 15) is 9.90 Å². The molecule has 0 aliphatic carbocycles. The van der Waals surface area contributed by atoms with Crippen molar-refractivity contribution in [3.8, 4) is 0 Å². The number of carbonyl (C=O) groups excluding carboxylic acids is 1. The van der Waals surface area contributed by atoms with Crippen LogP contribution in [0.5, 0.6) is 0 Å². The highest BCUT2D eigenvalue weighted by molar-refractivity contribution is 5.80. The predicted octanol–water partition coefficient (Wildman–Crippen LogP) is 3.37. The van der Waals surface area contributed by atoms with Crippen molar-refractivity contribution in [2.45, 2.75) is 53.0 Å². The fourth-order valence-corrected chi connectivity index (χ4v) is 2.76. The molecule has 1 N–H and O–H groups in total. The number of hydrogen-bond donors (Lipinski definition) is 1. The third kappa shape index (κ3) is 3.50. The first kappa shape index (κ1) is 15.1. The largest absolute Gasteiger partial charge is 0.511 e. The minimum absolute atomic E-state index is 0.0601. The van der Waals surface area contributed by atoms with Gasteiger partial charge in [-0.1, -0.05) is 34.3 Å². The standard InChI is InChI=1S/C15H27NO2/c1-10(2)9-13(11(3)4)15(18)16-8-6-7-14(16)12(5)17/h10-11,13-14,17H,5-9H2,1-4H3/t13?,14-/m0/s1. The molecule has 18 heavy (non-hydrogen) atoms. The maximum atomic E-state index is 12.6. The van der Waals surface area contributed by atoms with E-state index in [4.69, 9.17) is 0 Å². The SMILES string of the molecule is C=C(O)[C@@H]1CCCN1C(=O)C(CC(C)C)C(C)C. The summed E-state index contributed by atoms with van der Waals surface area (Å²) in [7, 11) is 0. The molecule has 1 aliphatic rings. The first-order valence-corrected chi connectivity index (χ1v) is 7.02. The highest BCUT2D eigenvalue weighted by Gasteiger charge is 2.35. The second kappa shape index (κ2) is 6.26. The number of nitrogens with zero attached hydrogens (tertiary/aromatic N) is 1. The Morgan fingerprint density at radius 2 is 2.00 bits per heavy atom. The van der Waals surface area contributed by atoms with E-state index in [1.54, 1.807) is 0 Å². The molecule has 1 saturated heterocycles. The van der Waals surface area contributed by atoms with Crippen LogP contribution in [0, 0.1) is 17.8 Å². The van der Waals surface area contributed by atoms with Gasteiger partial charge in [-0.2, -0.15) is 0 Å². The third-order valence-electron chi connectivity index (χ3n) is 3.77. The molecule has 1 unspecified atom stereocenters. The Balaban J connectivity index is 2.79. The second-order valence-corrected chi connectivity index (χ2v) is 6.16. The lowest BCUT2D eigenvalue weighted by molar-refractivity contribution is -0.138. The molecule has 3 heteroatoms. The van der Waals surface area contributed by atoms with E-state index in [0.717, 1.165) is 25.8 Å². The Hall–Kier alpha value is -0.990. The number of carbonyl (C=O) groups is 1. The lowest BCUT2D eigenvalue weighted by atomic mass is 9.86. The zero-order valence-corrected chi connectivity index (χ0v) is 12.1. The summed E-state index contributed by atoms with van der Waals surface area (Å²) in [5.74, 6) is 1.24. The van der Waals surface area contributed by atoms with Gasteiger partial charge < -0.3 is 10.0 Å². The zero-order chi connectivity index (χ0) is 13.9. The van der Waals surface area contributed by atoms with Crippen LogP contribution in [0.4, 0.5) is 0 Å². The summed E-state index contributed by atoms with van der Waals surface area (Å²) >= 11 is 0. The van der Waals surface area contributed by atoms with Gasteiger partial charge in [0, 0.05) is 12.5 Å². The molecule has 0 aromatic rings. The highest BCUT2D eigenvalue weighted by Crippen LogP contribution is 2.28. The summed E-state index contributed by atoms with van der Waals surface area (Å²) in [4.78, 5) is 14.4. The average molecular weight is 253 g/mol. The maximum Gasteiger partial charge on any atom is 0.226 e. The van der Waals surface area contributed by atoms with Crippen molar-refractivity contribution < 1.29 is 9.90 Å². The van der Waals surface area contributed by atoms with Crippen molar-refractivity contribution >= 4 is 5.91 Å². The number of rotatable bonds is 5. The van der Waals surface area contributed by atoms with Crippen molar-refractivity contribution in [3.05, 3.63) is 12.3 Å². The Morgan fingerprint density at radius 1 is 1.39 bits per heavy atom. The van der Waals surface area contributed by atoms with Gasteiger partial charge in [-0.15, -0.1) is 0 Å². The molecular formula is C15H27NO2. The smallest absolute Gasteiger partial charge is 0.226 e. The van der Waals surface area contributed by atoms with Crippen LogP contribution in [0.15, 0.2) is 12.3 Å². The van der Waals surface area contributed by atoms with Crippen LogP contribution in [0.2, 0.25) is 0 Å². The fraction of sp³-hybridized carbons (Fsp3) is 0.800. The Bertz CT molecular complexity index is 310. The Labute approximate surface area is 111 Å². The van der Waals surface area contributed by atoms with E-state index in [0.29, 0.717) is 11.8 Å². The predicted molar refractivity (Wildman–Crippen MR) is 74.3 cm³/mol. The maximum absolute atomic E-state index is 12.6. The summed E-state index contributed by atoms with van der Waals surface area (Å²) < 4.78 is 0. The molecule has 0 spiro atoms. The van der Waals surface area contributed by atoms with E-state index in [1.165, 1.54) is 0 Å². The Morgan fingerprint density at radius 3 is 2.44 bits per heavy atom. The van der Waals surface area contributed by atoms with Crippen LogP contribution >= 0.6 is 0 Å². The van der Waals surface area contributed by atoms with E-state index < -0.39 is 0 Å². The van der Waals surface area contributed by atoms with Crippen LogP contribution < -0.4 is 0 Å². The van der Waals surface area contributed by atoms with Crippen LogP contribution in [0.3, 0.4) is 0 Å². The molecular weight excluding hydrogens is 226 g/mol. The van der Waals surface area contributed by atoms with Gasteiger partial charge >= 0.3 is 0 Å². The van der Waals surface area contributed by atoms with E-state index >= 15 is 0 Å². The molecule has 104 valence electrons. The van der Waals surface area contributed by atoms with Crippen molar-refractivity contribution in [2.24, 2.45) is 17.8 Å². The number of aliphatic hydroxyl groups excluding tert-OH is 1.